The van der Waals surface area contributed by atoms with Gasteiger partial charge >= 0.3 is 11.8 Å². The summed E-state index contributed by atoms with van der Waals surface area (Å²) >= 11 is 3.24. The minimum Gasteiger partial charge on any atom is -0.444 e. The Balaban J connectivity index is 1.99. The van der Waals surface area contributed by atoms with Gasteiger partial charge in [-0.3, -0.25) is 10.1 Å². The van der Waals surface area contributed by atoms with Gasteiger partial charge in [-0.25, -0.2) is 9.78 Å². The van der Waals surface area contributed by atoms with Crippen molar-refractivity contribution in [3.05, 3.63) is 27.0 Å². The SMILES string of the molecule is CC(C)(C)OC(=O)NC1CCCC(Nc2cc(Br)ncc2[N+](=O)[O-])C1. The molecule has 9 heteroatoms. The van der Waals surface area contributed by atoms with Gasteiger partial charge in [0.15, 0.2) is 0 Å². The fraction of sp³-hybridized carbons (Fsp3) is 0.625. The van der Waals surface area contributed by atoms with Gasteiger partial charge in [0, 0.05) is 18.2 Å². The first-order valence-electron chi connectivity index (χ1n) is 8.20. The van der Waals surface area contributed by atoms with Gasteiger partial charge in [-0.05, 0) is 62.4 Å². The first-order valence-corrected chi connectivity index (χ1v) is 8.99. The normalized spacial score (nSPS) is 20.6. The molecule has 1 amide bonds. The molecule has 2 N–H and O–H groups in total. The quantitative estimate of drug-likeness (QED) is 0.437. The molecule has 0 saturated heterocycles. The third kappa shape index (κ3) is 6.15. The number of rotatable bonds is 4. The highest BCUT2D eigenvalue weighted by atomic mass is 79.9. The van der Waals surface area contributed by atoms with Crippen LogP contribution in [0.1, 0.15) is 46.5 Å². The van der Waals surface area contributed by atoms with E-state index in [4.69, 9.17) is 4.74 Å². The van der Waals surface area contributed by atoms with E-state index in [1.54, 1.807) is 6.07 Å². The zero-order valence-corrected chi connectivity index (χ0v) is 16.1. The number of nitrogens with one attached hydrogen (secondary N) is 2. The fourth-order valence-corrected chi connectivity index (χ4v) is 3.16. The van der Waals surface area contributed by atoms with Crippen LogP contribution in [-0.4, -0.2) is 33.7 Å². The standard InChI is InChI=1S/C16H23BrN4O4/c1-16(2,3)25-15(22)20-11-6-4-5-10(7-11)19-12-8-14(17)18-9-13(12)21(23)24/h8-11H,4-7H2,1-3H3,(H,18,19)(H,20,22). The van der Waals surface area contributed by atoms with E-state index >= 15 is 0 Å². The van der Waals surface area contributed by atoms with Crippen LogP contribution in [0.4, 0.5) is 16.2 Å². The summed E-state index contributed by atoms with van der Waals surface area (Å²) < 4.78 is 5.81. The Labute approximate surface area is 155 Å². The van der Waals surface area contributed by atoms with Gasteiger partial charge in [0.1, 0.15) is 22.1 Å². The Bertz CT molecular complexity index is 648. The number of halogens is 1. The molecule has 0 radical (unpaired) electrons. The van der Waals surface area contributed by atoms with E-state index in [2.05, 4.69) is 31.5 Å². The van der Waals surface area contributed by atoms with Gasteiger partial charge < -0.3 is 15.4 Å². The van der Waals surface area contributed by atoms with Crippen LogP contribution in [0.25, 0.3) is 0 Å². The van der Waals surface area contributed by atoms with E-state index < -0.39 is 16.6 Å². The minimum atomic E-state index is -0.541. The van der Waals surface area contributed by atoms with Crippen LogP contribution in [0.3, 0.4) is 0 Å². The first-order chi connectivity index (χ1) is 11.6. The second kappa shape index (κ2) is 7.99. The smallest absolute Gasteiger partial charge is 0.407 e. The summed E-state index contributed by atoms with van der Waals surface area (Å²) in [5.41, 5.74) is -0.180. The molecule has 8 nitrogen and oxygen atoms in total. The summed E-state index contributed by atoms with van der Waals surface area (Å²) in [6.45, 7) is 5.45. The number of nitrogens with zero attached hydrogens (tertiary/aromatic N) is 2. The van der Waals surface area contributed by atoms with Crippen molar-refractivity contribution in [2.45, 2.75) is 64.1 Å². The van der Waals surface area contributed by atoms with Crippen LogP contribution in [0.2, 0.25) is 0 Å². The molecule has 0 spiro atoms. The van der Waals surface area contributed by atoms with Gasteiger partial charge in [-0.15, -0.1) is 0 Å². The van der Waals surface area contributed by atoms with Crippen LogP contribution in [0.15, 0.2) is 16.9 Å². The number of hydrogen-bond acceptors (Lipinski definition) is 6. The van der Waals surface area contributed by atoms with Crippen molar-refractivity contribution in [3.8, 4) is 0 Å². The maximum atomic E-state index is 11.9. The lowest BCUT2D eigenvalue weighted by atomic mass is 9.91. The Morgan fingerprint density at radius 2 is 2.08 bits per heavy atom. The molecule has 1 aliphatic rings. The van der Waals surface area contributed by atoms with E-state index in [0.717, 1.165) is 19.3 Å². The molecule has 1 fully saturated rings. The molecule has 0 bridgehead atoms. The fourth-order valence-electron chi connectivity index (χ4n) is 2.83. The van der Waals surface area contributed by atoms with E-state index in [0.29, 0.717) is 16.7 Å². The molecule has 1 aromatic heterocycles. The Morgan fingerprint density at radius 1 is 1.40 bits per heavy atom. The lowest BCUT2D eigenvalue weighted by Crippen LogP contribution is -2.43. The van der Waals surface area contributed by atoms with Crippen LogP contribution in [0.5, 0.6) is 0 Å². The molecule has 2 rings (SSSR count). The zero-order valence-electron chi connectivity index (χ0n) is 14.5. The van der Waals surface area contributed by atoms with E-state index in [9.17, 15) is 14.9 Å². The third-order valence-electron chi connectivity index (χ3n) is 3.80. The molecule has 2 unspecified atom stereocenters. The number of amides is 1. The molecule has 0 aromatic carbocycles. The van der Waals surface area contributed by atoms with Crippen molar-refractivity contribution < 1.29 is 14.5 Å². The monoisotopic (exact) mass is 414 g/mol. The molecular weight excluding hydrogens is 392 g/mol. The van der Waals surface area contributed by atoms with Crippen molar-refractivity contribution in [2.75, 3.05) is 5.32 Å². The molecule has 1 heterocycles. The predicted octanol–water partition coefficient (Wildman–Crippen LogP) is 4.00. The predicted molar refractivity (Wildman–Crippen MR) is 97.6 cm³/mol. The summed E-state index contributed by atoms with van der Waals surface area (Å²) in [6, 6.07) is 1.61. The summed E-state index contributed by atoms with van der Waals surface area (Å²) in [5, 5.41) is 17.3. The molecule has 25 heavy (non-hydrogen) atoms. The van der Waals surface area contributed by atoms with Crippen molar-refractivity contribution in [1.82, 2.24) is 10.3 Å². The number of carbonyl (C=O) groups is 1. The maximum Gasteiger partial charge on any atom is 0.407 e. The highest BCUT2D eigenvalue weighted by molar-refractivity contribution is 9.10. The van der Waals surface area contributed by atoms with Crippen LogP contribution in [0, 0.1) is 10.1 Å². The average molecular weight is 415 g/mol. The summed E-state index contributed by atoms with van der Waals surface area (Å²) in [5.74, 6) is 0. The maximum absolute atomic E-state index is 11.9. The first kappa shape index (κ1) is 19.4. The number of carbonyl (C=O) groups excluding carboxylic acids is 1. The van der Waals surface area contributed by atoms with Gasteiger partial charge in [0.2, 0.25) is 0 Å². The molecule has 1 aliphatic carbocycles. The lowest BCUT2D eigenvalue weighted by molar-refractivity contribution is -0.384. The summed E-state index contributed by atoms with van der Waals surface area (Å²) in [7, 11) is 0. The number of ether oxygens (including phenoxy) is 1. The molecular formula is C16H23BrN4O4. The number of pyridine rings is 1. The largest absolute Gasteiger partial charge is 0.444 e. The van der Waals surface area contributed by atoms with Gasteiger partial charge in [-0.1, -0.05) is 0 Å². The van der Waals surface area contributed by atoms with E-state index in [1.165, 1.54) is 6.20 Å². The van der Waals surface area contributed by atoms with Crippen molar-refractivity contribution in [1.29, 1.82) is 0 Å². The minimum absolute atomic E-state index is 0.0227. The average Bonchev–Trinajstić information content (AvgIpc) is 2.45. The number of aromatic nitrogens is 1. The van der Waals surface area contributed by atoms with Crippen molar-refractivity contribution in [3.63, 3.8) is 0 Å². The van der Waals surface area contributed by atoms with Crippen LogP contribution in [-0.2, 0) is 4.74 Å². The Morgan fingerprint density at radius 3 is 2.72 bits per heavy atom. The molecule has 1 saturated carbocycles. The molecule has 1 aromatic rings. The Kier molecular flexibility index (Phi) is 6.21. The highest BCUT2D eigenvalue weighted by Crippen LogP contribution is 2.29. The lowest BCUT2D eigenvalue weighted by Gasteiger charge is -2.31. The topological polar surface area (TPSA) is 106 Å². The summed E-state index contributed by atoms with van der Waals surface area (Å²) in [4.78, 5) is 26.5. The van der Waals surface area contributed by atoms with Gasteiger partial charge in [0.05, 0.1) is 4.92 Å². The van der Waals surface area contributed by atoms with Crippen LogP contribution < -0.4 is 10.6 Å². The number of hydrogen-bond donors (Lipinski definition) is 2. The number of alkyl carbamates (subject to hydrolysis) is 1. The number of nitro groups is 1. The number of anilines is 1. The zero-order chi connectivity index (χ0) is 18.6. The second-order valence-corrected chi connectivity index (χ2v) is 7.94. The highest BCUT2D eigenvalue weighted by Gasteiger charge is 2.27. The molecule has 0 aliphatic heterocycles. The summed E-state index contributed by atoms with van der Waals surface area (Å²) in [6.07, 6.45) is 4.12. The van der Waals surface area contributed by atoms with Gasteiger partial charge in [0.25, 0.3) is 0 Å². The Hall–Kier alpha value is -1.90. The van der Waals surface area contributed by atoms with Crippen molar-refractivity contribution >= 4 is 33.4 Å². The van der Waals surface area contributed by atoms with Gasteiger partial charge in [-0.2, -0.15) is 0 Å². The molecule has 138 valence electrons. The van der Waals surface area contributed by atoms with Crippen LogP contribution >= 0.6 is 15.9 Å². The van der Waals surface area contributed by atoms with Crippen molar-refractivity contribution in [2.24, 2.45) is 0 Å². The van der Waals surface area contributed by atoms with E-state index in [1.807, 2.05) is 20.8 Å². The molecule has 2 atom stereocenters. The van der Waals surface area contributed by atoms with E-state index in [-0.39, 0.29) is 17.8 Å². The second-order valence-electron chi connectivity index (χ2n) is 7.13. The third-order valence-corrected chi connectivity index (χ3v) is 4.23.